The number of halogens is 3. The molecule has 1 rings (SSSR count). The fourth-order valence-electron chi connectivity index (χ4n) is 1.69. The van der Waals surface area contributed by atoms with E-state index >= 15 is 0 Å². The molecule has 0 aliphatic heterocycles. The van der Waals surface area contributed by atoms with Gasteiger partial charge in [-0.15, -0.1) is 0 Å². The Morgan fingerprint density at radius 3 is 2.56 bits per heavy atom. The summed E-state index contributed by atoms with van der Waals surface area (Å²) in [5.41, 5.74) is 4.18. The monoisotopic (exact) mass is 261 g/mol. The van der Waals surface area contributed by atoms with E-state index in [4.69, 9.17) is 10.5 Å². The standard InChI is InChI=1S/C13H18F3NO/c1-3-4-9(2)8-18-10-5-6-12(17)11(7-10)13(14,15)16/h5-7,9H,3-4,8,17H2,1-2H3/t9-/m0/s1. The molecule has 0 aliphatic rings. The molecule has 0 heterocycles. The van der Waals surface area contributed by atoms with Crippen LogP contribution in [0.25, 0.3) is 0 Å². The van der Waals surface area contributed by atoms with Gasteiger partial charge in [0.05, 0.1) is 12.2 Å². The van der Waals surface area contributed by atoms with Crippen LogP contribution in [0, 0.1) is 5.92 Å². The molecule has 2 N–H and O–H groups in total. The van der Waals surface area contributed by atoms with Crippen molar-refractivity contribution in [2.24, 2.45) is 5.92 Å². The first-order valence-electron chi connectivity index (χ1n) is 5.94. The highest BCUT2D eigenvalue weighted by Crippen LogP contribution is 2.35. The lowest BCUT2D eigenvalue weighted by Gasteiger charge is -2.15. The van der Waals surface area contributed by atoms with E-state index in [-0.39, 0.29) is 11.4 Å². The Kier molecular flexibility index (Phi) is 4.87. The highest BCUT2D eigenvalue weighted by atomic mass is 19.4. The van der Waals surface area contributed by atoms with Crippen molar-refractivity contribution in [1.29, 1.82) is 0 Å². The van der Waals surface area contributed by atoms with E-state index in [2.05, 4.69) is 6.92 Å². The fourth-order valence-corrected chi connectivity index (χ4v) is 1.69. The van der Waals surface area contributed by atoms with Crippen LogP contribution in [0.4, 0.5) is 18.9 Å². The summed E-state index contributed by atoms with van der Waals surface area (Å²) in [6.07, 6.45) is -2.43. The summed E-state index contributed by atoms with van der Waals surface area (Å²) < 4.78 is 43.2. The van der Waals surface area contributed by atoms with Gasteiger partial charge in [0.1, 0.15) is 5.75 Å². The van der Waals surface area contributed by atoms with Gasteiger partial charge in [-0.1, -0.05) is 20.3 Å². The normalized spacial score (nSPS) is 13.4. The van der Waals surface area contributed by atoms with Crippen LogP contribution in [-0.2, 0) is 6.18 Å². The molecule has 18 heavy (non-hydrogen) atoms. The van der Waals surface area contributed by atoms with Gasteiger partial charge in [-0.2, -0.15) is 13.2 Å². The minimum absolute atomic E-state index is 0.208. The summed E-state index contributed by atoms with van der Waals surface area (Å²) >= 11 is 0. The molecule has 0 aromatic heterocycles. The van der Waals surface area contributed by atoms with E-state index < -0.39 is 11.7 Å². The Morgan fingerprint density at radius 1 is 1.33 bits per heavy atom. The third kappa shape index (κ3) is 4.13. The van der Waals surface area contributed by atoms with E-state index in [1.54, 1.807) is 0 Å². The maximum absolute atomic E-state index is 12.6. The number of ether oxygens (including phenoxy) is 1. The van der Waals surface area contributed by atoms with Crippen molar-refractivity contribution >= 4 is 5.69 Å². The van der Waals surface area contributed by atoms with E-state index in [0.29, 0.717) is 12.5 Å². The van der Waals surface area contributed by atoms with E-state index in [1.807, 2.05) is 6.92 Å². The molecule has 0 saturated carbocycles. The van der Waals surface area contributed by atoms with Crippen molar-refractivity contribution in [2.45, 2.75) is 32.9 Å². The first-order valence-corrected chi connectivity index (χ1v) is 5.94. The number of hydrogen-bond acceptors (Lipinski definition) is 2. The number of hydrogen-bond donors (Lipinski definition) is 1. The van der Waals surface area contributed by atoms with Gasteiger partial charge in [-0.05, 0) is 30.5 Å². The summed E-state index contributed by atoms with van der Waals surface area (Å²) in [7, 11) is 0. The SMILES string of the molecule is CCC[C@H](C)COc1ccc(N)c(C(F)(F)F)c1. The van der Waals surface area contributed by atoms with E-state index in [1.165, 1.54) is 12.1 Å². The number of nitrogens with two attached hydrogens (primary N) is 1. The van der Waals surface area contributed by atoms with Crippen LogP contribution in [0.15, 0.2) is 18.2 Å². The predicted octanol–water partition coefficient (Wildman–Crippen LogP) is 4.10. The smallest absolute Gasteiger partial charge is 0.418 e. The third-order valence-corrected chi connectivity index (χ3v) is 2.65. The maximum atomic E-state index is 12.6. The lowest BCUT2D eigenvalue weighted by atomic mass is 10.1. The lowest BCUT2D eigenvalue weighted by Crippen LogP contribution is -2.11. The van der Waals surface area contributed by atoms with Gasteiger partial charge < -0.3 is 10.5 Å². The van der Waals surface area contributed by atoms with Crippen molar-refractivity contribution in [3.05, 3.63) is 23.8 Å². The molecule has 1 atom stereocenters. The van der Waals surface area contributed by atoms with E-state index in [0.717, 1.165) is 18.9 Å². The molecule has 0 saturated heterocycles. The number of benzene rings is 1. The zero-order valence-electron chi connectivity index (χ0n) is 10.6. The Labute approximate surface area is 105 Å². The molecule has 0 amide bonds. The van der Waals surface area contributed by atoms with Gasteiger partial charge in [-0.25, -0.2) is 0 Å². The molecule has 0 spiro atoms. The van der Waals surface area contributed by atoms with Crippen molar-refractivity contribution in [3.8, 4) is 5.75 Å². The molecular weight excluding hydrogens is 243 g/mol. The van der Waals surface area contributed by atoms with Crippen LogP contribution in [0.3, 0.4) is 0 Å². The predicted molar refractivity (Wildman–Crippen MR) is 65.4 cm³/mol. The summed E-state index contributed by atoms with van der Waals surface area (Å²) in [4.78, 5) is 0. The zero-order chi connectivity index (χ0) is 13.8. The molecule has 1 aromatic rings. The van der Waals surface area contributed by atoms with Crippen LogP contribution in [-0.4, -0.2) is 6.61 Å². The van der Waals surface area contributed by atoms with Crippen LogP contribution in [0.2, 0.25) is 0 Å². The quantitative estimate of drug-likeness (QED) is 0.810. The summed E-state index contributed by atoms with van der Waals surface area (Å²) in [6, 6.07) is 3.64. The van der Waals surface area contributed by atoms with E-state index in [9.17, 15) is 13.2 Å². The third-order valence-electron chi connectivity index (χ3n) is 2.65. The molecule has 0 bridgehead atoms. The zero-order valence-corrected chi connectivity index (χ0v) is 10.6. The molecule has 0 aliphatic carbocycles. The second-order valence-electron chi connectivity index (χ2n) is 4.45. The van der Waals surface area contributed by atoms with Gasteiger partial charge in [0.15, 0.2) is 0 Å². The van der Waals surface area contributed by atoms with Gasteiger partial charge in [-0.3, -0.25) is 0 Å². The van der Waals surface area contributed by atoms with Crippen LogP contribution < -0.4 is 10.5 Å². The van der Waals surface area contributed by atoms with Crippen molar-refractivity contribution < 1.29 is 17.9 Å². The summed E-state index contributed by atoms with van der Waals surface area (Å²) in [6.45, 7) is 4.47. The van der Waals surface area contributed by atoms with Gasteiger partial charge in [0, 0.05) is 5.69 Å². The van der Waals surface area contributed by atoms with Crippen molar-refractivity contribution in [1.82, 2.24) is 0 Å². The molecular formula is C13H18F3NO. The Hall–Kier alpha value is -1.39. The summed E-state index contributed by atoms with van der Waals surface area (Å²) in [5.74, 6) is 0.529. The molecule has 102 valence electrons. The average molecular weight is 261 g/mol. The molecule has 0 fully saturated rings. The van der Waals surface area contributed by atoms with Gasteiger partial charge >= 0.3 is 6.18 Å². The van der Waals surface area contributed by atoms with Gasteiger partial charge in [0.25, 0.3) is 0 Å². The fraction of sp³-hybridized carbons (Fsp3) is 0.538. The molecule has 1 aromatic carbocycles. The topological polar surface area (TPSA) is 35.2 Å². The highest BCUT2D eigenvalue weighted by molar-refractivity contribution is 5.51. The minimum atomic E-state index is -4.45. The number of alkyl halides is 3. The Morgan fingerprint density at radius 2 is 2.00 bits per heavy atom. The maximum Gasteiger partial charge on any atom is 0.418 e. The molecule has 0 radical (unpaired) electrons. The van der Waals surface area contributed by atoms with Crippen LogP contribution in [0.1, 0.15) is 32.3 Å². The lowest BCUT2D eigenvalue weighted by molar-refractivity contribution is -0.137. The minimum Gasteiger partial charge on any atom is -0.493 e. The second-order valence-corrected chi connectivity index (χ2v) is 4.45. The average Bonchev–Trinajstić information content (AvgIpc) is 2.27. The number of anilines is 1. The first kappa shape index (κ1) is 14.7. The highest BCUT2D eigenvalue weighted by Gasteiger charge is 2.33. The van der Waals surface area contributed by atoms with Crippen molar-refractivity contribution in [3.63, 3.8) is 0 Å². The molecule has 0 unspecified atom stereocenters. The Balaban J connectivity index is 2.74. The largest absolute Gasteiger partial charge is 0.493 e. The molecule has 5 heteroatoms. The summed E-state index contributed by atoms with van der Waals surface area (Å²) in [5, 5.41) is 0. The van der Waals surface area contributed by atoms with Crippen molar-refractivity contribution in [2.75, 3.05) is 12.3 Å². The second kappa shape index (κ2) is 5.98. The Bertz CT molecular complexity index is 390. The number of nitrogen functional groups attached to an aromatic ring is 1. The van der Waals surface area contributed by atoms with Crippen LogP contribution in [0.5, 0.6) is 5.75 Å². The molecule has 2 nitrogen and oxygen atoms in total. The first-order chi connectivity index (χ1) is 8.34. The van der Waals surface area contributed by atoms with Gasteiger partial charge in [0.2, 0.25) is 0 Å². The van der Waals surface area contributed by atoms with Crippen LogP contribution >= 0.6 is 0 Å². The number of rotatable bonds is 5.